The molecule has 0 spiro atoms. The quantitative estimate of drug-likeness (QED) is 0.594. The van der Waals surface area contributed by atoms with E-state index in [9.17, 15) is 9.18 Å². The molecule has 2 heterocycles. The van der Waals surface area contributed by atoms with Crippen molar-refractivity contribution in [3.63, 3.8) is 0 Å². The van der Waals surface area contributed by atoms with E-state index in [1.54, 1.807) is 18.5 Å². The van der Waals surface area contributed by atoms with Gasteiger partial charge in [-0.25, -0.2) is 14.4 Å². The number of hydrogen-bond donors (Lipinski definition) is 2. The maximum atomic E-state index is 14.6. The molecule has 1 aromatic carbocycles. The number of rotatable bonds is 6. The van der Waals surface area contributed by atoms with Crippen molar-refractivity contribution in [1.29, 1.82) is 0 Å². The van der Waals surface area contributed by atoms with E-state index in [1.807, 2.05) is 4.40 Å². The van der Waals surface area contributed by atoms with Gasteiger partial charge in [0.25, 0.3) is 5.91 Å². The third-order valence-electron chi connectivity index (χ3n) is 4.56. The average molecular weight is 446 g/mol. The number of nitrogens with one attached hydrogen (secondary N) is 2. The van der Waals surface area contributed by atoms with E-state index in [4.69, 9.17) is 0 Å². The molecule has 8 heteroatoms. The van der Waals surface area contributed by atoms with Crippen molar-refractivity contribution in [3.05, 3.63) is 46.6 Å². The SMILES string of the molecule is CC(C)CNc1nc(Br)cn2c(-c3ccc(C(=O)NC4CC4)c(F)c3)cnc12. The van der Waals surface area contributed by atoms with Gasteiger partial charge >= 0.3 is 0 Å². The molecule has 1 amide bonds. The summed E-state index contributed by atoms with van der Waals surface area (Å²) in [5, 5.41) is 6.11. The van der Waals surface area contributed by atoms with E-state index in [-0.39, 0.29) is 17.5 Å². The Hall–Kier alpha value is -2.48. The molecule has 0 atom stereocenters. The smallest absolute Gasteiger partial charge is 0.254 e. The largest absolute Gasteiger partial charge is 0.367 e. The molecular weight excluding hydrogens is 425 g/mol. The van der Waals surface area contributed by atoms with E-state index in [2.05, 4.69) is 50.4 Å². The fourth-order valence-electron chi connectivity index (χ4n) is 2.94. The van der Waals surface area contributed by atoms with Crippen LogP contribution in [0.1, 0.15) is 37.0 Å². The van der Waals surface area contributed by atoms with Crippen molar-refractivity contribution in [1.82, 2.24) is 19.7 Å². The number of amides is 1. The van der Waals surface area contributed by atoms with Gasteiger partial charge in [0.05, 0.1) is 17.5 Å². The summed E-state index contributed by atoms with van der Waals surface area (Å²) in [5.74, 6) is 0.211. The molecule has 0 aliphatic heterocycles. The molecule has 0 radical (unpaired) electrons. The van der Waals surface area contributed by atoms with Crippen molar-refractivity contribution in [2.45, 2.75) is 32.7 Å². The highest BCUT2D eigenvalue weighted by Gasteiger charge is 2.25. The highest BCUT2D eigenvalue weighted by atomic mass is 79.9. The Balaban J connectivity index is 1.69. The van der Waals surface area contributed by atoms with Crippen LogP contribution < -0.4 is 10.6 Å². The first-order valence-corrected chi connectivity index (χ1v) is 10.1. The van der Waals surface area contributed by atoms with Crippen molar-refractivity contribution in [2.75, 3.05) is 11.9 Å². The molecule has 2 aromatic heterocycles. The van der Waals surface area contributed by atoms with Gasteiger partial charge < -0.3 is 10.6 Å². The molecule has 1 fully saturated rings. The topological polar surface area (TPSA) is 71.3 Å². The molecule has 0 unspecified atom stereocenters. The van der Waals surface area contributed by atoms with Crippen LogP contribution >= 0.6 is 15.9 Å². The second-order valence-corrected chi connectivity index (χ2v) is 8.28. The zero-order chi connectivity index (χ0) is 19.8. The van der Waals surface area contributed by atoms with Crippen LogP contribution in [0.25, 0.3) is 16.9 Å². The number of carbonyl (C=O) groups excluding carboxylic acids is 1. The summed E-state index contributed by atoms with van der Waals surface area (Å²) in [6.45, 7) is 4.99. The second-order valence-electron chi connectivity index (χ2n) is 7.47. The minimum Gasteiger partial charge on any atom is -0.367 e. The number of aromatic nitrogens is 3. The first-order chi connectivity index (χ1) is 13.4. The zero-order valence-electron chi connectivity index (χ0n) is 15.7. The van der Waals surface area contributed by atoms with Gasteiger partial charge in [-0.2, -0.15) is 0 Å². The number of halogens is 2. The number of benzene rings is 1. The molecule has 1 saturated carbocycles. The Morgan fingerprint density at radius 2 is 2.18 bits per heavy atom. The summed E-state index contributed by atoms with van der Waals surface area (Å²) >= 11 is 3.43. The lowest BCUT2D eigenvalue weighted by atomic mass is 10.1. The van der Waals surface area contributed by atoms with Crippen LogP contribution in [0.5, 0.6) is 0 Å². The van der Waals surface area contributed by atoms with E-state index < -0.39 is 5.82 Å². The van der Waals surface area contributed by atoms with E-state index in [1.165, 1.54) is 12.1 Å². The molecule has 146 valence electrons. The number of hydrogen-bond acceptors (Lipinski definition) is 4. The number of fused-ring (bicyclic) bond motifs is 1. The predicted molar refractivity (Wildman–Crippen MR) is 110 cm³/mol. The summed E-state index contributed by atoms with van der Waals surface area (Å²) in [4.78, 5) is 21.1. The standard InChI is InChI=1S/C20H21BrFN5O/c1-11(2)8-23-18-19-24-9-16(27(19)10-17(21)26-18)12-3-6-14(15(22)7-12)20(28)25-13-4-5-13/h3,6-7,9-11,13H,4-5,8H2,1-2H3,(H,23,26)(H,25,28). The van der Waals surface area contributed by atoms with Gasteiger partial charge in [-0.1, -0.05) is 19.9 Å². The monoisotopic (exact) mass is 445 g/mol. The summed E-state index contributed by atoms with van der Waals surface area (Å²) in [7, 11) is 0. The molecule has 2 N–H and O–H groups in total. The third-order valence-corrected chi connectivity index (χ3v) is 4.94. The van der Waals surface area contributed by atoms with Crippen molar-refractivity contribution >= 4 is 33.3 Å². The molecular formula is C20H21BrFN5O. The van der Waals surface area contributed by atoms with Crippen LogP contribution in [-0.4, -0.2) is 32.9 Å². The number of anilines is 1. The van der Waals surface area contributed by atoms with Gasteiger partial charge in [-0.15, -0.1) is 0 Å². The number of imidazole rings is 1. The van der Waals surface area contributed by atoms with Crippen molar-refractivity contribution < 1.29 is 9.18 Å². The summed E-state index contributed by atoms with van der Waals surface area (Å²) < 4.78 is 17.1. The minimum atomic E-state index is -0.545. The van der Waals surface area contributed by atoms with Crippen LogP contribution in [0, 0.1) is 11.7 Å². The third kappa shape index (κ3) is 3.87. The Labute approximate surface area is 170 Å². The van der Waals surface area contributed by atoms with Gasteiger partial charge in [-0.3, -0.25) is 9.20 Å². The fraction of sp³-hybridized carbons (Fsp3) is 0.350. The van der Waals surface area contributed by atoms with E-state index in [0.29, 0.717) is 27.5 Å². The normalized spacial score (nSPS) is 13.9. The van der Waals surface area contributed by atoms with Crippen molar-refractivity contribution in [3.8, 4) is 11.3 Å². The lowest BCUT2D eigenvalue weighted by molar-refractivity contribution is 0.0947. The highest BCUT2D eigenvalue weighted by molar-refractivity contribution is 9.10. The van der Waals surface area contributed by atoms with Crippen LogP contribution in [0.15, 0.2) is 35.2 Å². The van der Waals surface area contributed by atoms with E-state index in [0.717, 1.165) is 25.1 Å². The van der Waals surface area contributed by atoms with Gasteiger partial charge in [0.15, 0.2) is 11.5 Å². The Bertz CT molecular complexity index is 1040. The molecule has 0 saturated heterocycles. The Kier molecular flexibility index (Phi) is 5.05. The first-order valence-electron chi connectivity index (χ1n) is 9.30. The van der Waals surface area contributed by atoms with Crippen LogP contribution in [-0.2, 0) is 0 Å². The summed E-state index contributed by atoms with van der Waals surface area (Å²) in [5.41, 5.74) is 2.08. The molecule has 1 aliphatic rings. The number of nitrogens with zero attached hydrogens (tertiary/aromatic N) is 3. The molecule has 28 heavy (non-hydrogen) atoms. The van der Waals surface area contributed by atoms with Crippen molar-refractivity contribution in [2.24, 2.45) is 5.92 Å². The van der Waals surface area contributed by atoms with Gasteiger partial charge in [0.1, 0.15) is 10.4 Å². The van der Waals surface area contributed by atoms with Crippen LogP contribution in [0.4, 0.5) is 10.2 Å². The summed E-state index contributed by atoms with van der Waals surface area (Å²) in [6, 6.07) is 4.83. The average Bonchev–Trinajstić information content (AvgIpc) is 3.35. The first kappa shape index (κ1) is 18.9. The predicted octanol–water partition coefficient (Wildman–Crippen LogP) is 4.26. The van der Waals surface area contributed by atoms with Gasteiger partial charge in [0, 0.05) is 24.3 Å². The van der Waals surface area contributed by atoms with Gasteiger partial charge in [-0.05, 0) is 46.8 Å². The zero-order valence-corrected chi connectivity index (χ0v) is 17.3. The molecule has 6 nitrogen and oxygen atoms in total. The summed E-state index contributed by atoms with van der Waals surface area (Å²) in [6.07, 6.45) is 5.40. The Morgan fingerprint density at radius 1 is 1.39 bits per heavy atom. The highest BCUT2D eigenvalue weighted by Crippen LogP contribution is 2.27. The lowest BCUT2D eigenvalue weighted by Gasteiger charge is -2.11. The molecule has 4 rings (SSSR count). The second kappa shape index (κ2) is 7.50. The minimum absolute atomic E-state index is 0.0617. The maximum Gasteiger partial charge on any atom is 0.254 e. The molecule has 0 bridgehead atoms. The van der Waals surface area contributed by atoms with Crippen LogP contribution in [0.3, 0.4) is 0 Å². The molecule has 3 aromatic rings. The van der Waals surface area contributed by atoms with Crippen LogP contribution in [0.2, 0.25) is 0 Å². The maximum absolute atomic E-state index is 14.6. The van der Waals surface area contributed by atoms with Gasteiger partial charge in [0.2, 0.25) is 0 Å². The fourth-order valence-corrected chi connectivity index (χ4v) is 3.32. The van der Waals surface area contributed by atoms with E-state index >= 15 is 0 Å². The lowest BCUT2D eigenvalue weighted by Crippen LogP contribution is -2.26. The molecule has 1 aliphatic carbocycles. The Morgan fingerprint density at radius 3 is 2.86 bits per heavy atom. The number of carbonyl (C=O) groups is 1.